The molecule has 0 unspecified atom stereocenters. The fourth-order valence-corrected chi connectivity index (χ4v) is 4.25. The highest BCUT2D eigenvalue weighted by molar-refractivity contribution is 7.99. The predicted octanol–water partition coefficient (Wildman–Crippen LogP) is 6.47. The monoisotopic (exact) mass is 435 g/mol. The van der Waals surface area contributed by atoms with Crippen LogP contribution in [0.25, 0.3) is 11.3 Å². The number of nitrogens with zero attached hydrogens (tertiary/aromatic N) is 3. The van der Waals surface area contributed by atoms with E-state index in [4.69, 9.17) is 0 Å². The Labute approximate surface area is 192 Å². The number of amides is 1. The Morgan fingerprint density at radius 3 is 1.94 bits per heavy atom. The van der Waals surface area contributed by atoms with Crippen LogP contribution in [-0.4, -0.2) is 16.6 Å². The molecule has 5 heteroatoms. The molecular weight excluding hydrogens is 414 g/mol. The maximum Gasteiger partial charge on any atom is 0.232 e. The fraction of sp³-hybridized carbons (Fsp3) is 0.0741. The van der Waals surface area contributed by atoms with Crippen molar-refractivity contribution < 1.29 is 4.79 Å². The average molecular weight is 436 g/mol. The molecule has 4 nitrogen and oxygen atoms in total. The number of para-hydroxylation sites is 2. The molecule has 3 aromatic carbocycles. The number of thioether (sulfide) groups is 1. The van der Waals surface area contributed by atoms with E-state index in [1.165, 1.54) is 11.8 Å². The maximum atomic E-state index is 13.2. The van der Waals surface area contributed by atoms with Gasteiger partial charge in [-0.05, 0) is 36.4 Å². The predicted molar refractivity (Wildman–Crippen MR) is 130 cm³/mol. The van der Waals surface area contributed by atoms with Gasteiger partial charge in [-0.15, -0.1) is 11.8 Å². The van der Waals surface area contributed by atoms with E-state index in [1.807, 2.05) is 97.1 Å². The van der Waals surface area contributed by atoms with Gasteiger partial charge in [-0.2, -0.15) is 5.26 Å². The van der Waals surface area contributed by atoms with Crippen LogP contribution in [0.3, 0.4) is 0 Å². The van der Waals surface area contributed by atoms with Gasteiger partial charge in [0.25, 0.3) is 0 Å². The molecule has 0 aliphatic carbocycles. The summed E-state index contributed by atoms with van der Waals surface area (Å²) in [5.74, 6) is 0.516. The molecule has 0 saturated carbocycles. The van der Waals surface area contributed by atoms with Crippen LogP contribution in [0, 0.1) is 11.3 Å². The second-order valence-electron chi connectivity index (χ2n) is 7.03. The minimum atomic E-state index is -0.00683. The maximum absolute atomic E-state index is 13.2. The van der Waals surface area contributed by atoms with Crippen LogP contribution in [0.5, 0.6) is 0 Å². The molecule has 1 amide bonds. The fourth-order valence-electron chi connectivity index (χ4n) is 3.34. The van der Waals surface area contributed by atoms with Gasteiger partial charge in [0.15, 0.2) is 0 Å². The van der Waals surface area contributed by atoms with Crippen LogP contribution < -0.4 is 4.90 Å². The molecule has 32 heavy (non-hydrogen) atoms. The molecule has 0 spiro atoms. The lowest BCUT2D eigenvalue weighted by Crippen LogP contribution is -2.26. The van der Waals surface area contributed by atoms with Crippen molar-refractivity contribution >= 4 is 29.0 Å². The molecule has 4 aromatic rings. The normalized spacial score (nSPS) is 10.3. The van der Waals surface area contributed by atoms with Crippen molar-refractivity contribution in [2.45, 2.75) is 11.4 Å². The summed E-state index contributed by atoms with van der Waals surface area (Å²) < 4.78 is 0. The number of aromatic nitrogens is 1. The first kappa shape index (κ1) is 21.4. The third kappa shape index (κ3) is 5.05. The van der Waals surface area contributed by atoms with Crippen molar-refractivity contribution in [2.24, 2.45) is 0 Å². The molecule has 1 aromatic heterocycles. The van der Waals surface area contributed by atoms with Gasteiger partial charge < -0.3 is 0 Å². The number of nitriles is 1. The molecular formula is C27H21N3OS. The number of benzene rings is 3. The van der Waals surface area contributed by atoms with Crippen LogP contribution in [0.2, 0.25) is 0 Å². The van der Waals surface area contributed by atoms with Gasteiger partial charge in [0.05, 0.1) is 11.3 Å². The lowest BCUT2D eigenvalue weighted by molar-refractivity contribution is -0.117. The Bertz CT molecular complexity index is 1180. The molecule has 0 aliphatic heterocycles. The van der Waals surface area contributed by atoms with Crippen LogP contribution in [0.1, 0.15) is 12.0 Å². The van der Waals surface area contributed by atoms with Gasteiger partial charge in [0.2, 0.25) is 5.91 Å². The Morgan fingerprint density at radius 1 is 0.812 bits per heavy atom. The highest BCUT2D eigenvalue weighted by Gasteiger charge is 2.18. The minimum absolute atomic E-state index is 0.00683. The van der Waals surface area contributed by atoms with E-state index in [1.54, 1.807) is 11.0 Å². The Hall–Kier alpha value is -3.88. The van der Waals surface area contributed by atoms with E-state index in [0.29, 0.717) is 22.8 Å². The molecule has 156 valence electrons. The third-order valence-corrected chi connectivity index (χ3v) is 5.88. The number of carbonyl (C=O) groups excluding carboxylic acids is 1. The number of hydrogen-bond donors (Lipinski definition) is 0. The molecule has 4 rings (SSSR count). The topological polar surface area (TPSA) is 57.0 Å². The Morgan fingerprint density at radius 2 is 1.38 bits per heavy atom. The minimum Gasteiger partial charge on any atom is -0.281 e. The van der Waals surface area contributed by atoms with Crippen molar-refractivity contribution in [3.63, 3.8) is 0 Å². The summed E-state index contributed by atoms with van der Waals surface area (Å²) in [5, 5.41) is 10.1. The van der Waals surface area contributed by atoms with E-state index < -0.39 is 0 Å². The summed E-state index contributed by atoms with van der Waals surface area (Å²) in [6.45, 7) is 0. The first-order chi connectivity index (χ1) is 15.8. The number of rotatable bonds is 7. The zero-order valence-electron chi connectivity index (χ0n) is 17.4. The van der Waals surface area contributed by atoms with Crippen LogP contribution >= 0.6 is 11.8 Å². The number of carbonyl (C=O) groups is 1. The highest BCUT2D eigenvalue weighted by Crippen LogP contribution is 2.29. The number of anilines is 2. The van der Waals surface area contributed by atoms with Crippen molar-refractivity contribution in [3.8, 4) is 17.3 Å². The second-order valence-corrected chi connectivity index (χ2v) is 8.11. The average Bonchev–Trinajstić information content (AvgIpc) is 2.86. The van der Waals surface area contributed by atoms with Crippen LogP contribution in [0.15, 0.2) is 108 Å². The SMILES string of the molecule is N#Cc1ccc(-c2ccccc2)nc1SCCC(=O)N(c1ccccc1)c1ccccc1. The molecule has 1 heterocycles. The molecule has 0 N–H and O–H groups in total. The van der Waals surface area contributed by atoms with Gasteiger partial charge in [0, 0.05) is 29.1 Å². The second kappa shape index (κ2) is 10.4. The Balaban J connectivity index is 1.51. The van der Waals surface area contributed by atoms with E-state index in [9.17, 15) is 10.1 Å². The third-order valence-electron chi connectivity index (χ3n) is 4.88. The summed E-state index contributed by atoms with van der Waals surface area (Å²) in [7, 11) is 0. The zero-order valence-corrected chi connectivity index (χ0v) is 18.2. The molecule has 0 fully saturated rings. The van der Waals surface area contributed by atoms with E-state index in [-0.39, 0.29) is 5.91 Å². The van der Waals surface area contributed by atoms with Crippen LogP contribution in [0.4, 0.5) is 11.4 Å². The first-order valence-corrected chi connectivity index (χ1v) is 11.3. The van der Waals surface area contributed by atoms with E-state index in [0.717, 1.165) is 22.6 Å². The summed E-state index contributed by atoms with van der Waals surface area (Å²) in [6, 6.07) is 35.0. The molecule has 0 radical (unpaired) electrons. The van der Waals surface area contributed by atoms with Crippen molar-refractivity contribution in [3.05, 3.63) is 109 Å². The lowest BCUT2D eigenvalue weighted by atomic mass is 10.1. The summed E-state index contributed by atoms with van der Waals surface area (Å²) in [6.07, 6.45) is 0.316. The van der Waals surface area contributed by atoms with Gasteiger partial charge in [-0.25, -0.2) is 4.98 Å². The smallest absolute Gasteiger partial charge is 0.232 e. The van der Waals surface area contributed by atoms with E-state index >= 15 is 0 Å². The lowest BCUT2D eigenvalue weighted by Gasteiger charge is -2.23. The zero-order chi connectivity index (χ0) is 22.2. The Kier molecular flexibility index (Phi) is 6.96. The standard InChI is InChI=1S/C27H21N3OS/c28-20-22-16-17-25(21-10-4-1-5-11-21)29-27(22)32-19-18-26(31)30(23-12-6-2-7-13-23)24-14-8-3-9-15-24/h1-17H,18-19H2. The molecule has 0 saturated heterocycles. The van der Waals surface area contributed by atoms with Gasteiger partial charge in [-0.1, -0.05) is 66.7 Å². The van der Waals surface area contributed by atoms with Crippen molar-refractivity contribution in [1.82, 2.24) is 4.98 Å². The molecule has 0 bridgehead atoms. The highest BCUT2D eigenvalue weighted by atomic mass is 32.2. The van der Waals surface area contributed by atoms with Gasteiger partial charge in [0.1, 0.15) is 11.1 Å². The number of pyridine rings is 1. The van der Waals surface area contributed by atoms with Gasteiger partial charge >= 0.3 is 0 Å². The first-order valence-electron chi connectivity index (χ1n) is 10.3. The molecule has 0 aliphatic rings. The van der Waals surface area contributed by atoms with Crippen molar-refractivity contribution in [1.29, 1.82) is 5.26 Å². The largest absolute Gasteiger partial charge is 0.281 e. The summed E-state index contributed by atoms with van der Waals surface area (Å²) in [4.78, 5) is 19.6. The van der Waals surface area contributed by atoms with E-state index in [2.05, 4.69) is 11.1 Å². The summed E-state index contributed by atoms with van der Waals surface area (Å²) >= 11 is 1.44. The van der Waals surface area contributed by atoms with Crippen LogP contribution in [-0.2, 0) is 4.79 Å². The number of hydrogen-bond acceptors (Lipinski definition) is 4. The quantitative estimate of drug-likeness (QED) is 0.312. The molecule has 0 atom stereocenters. The summed E-state index contributed by atoms with van der Waals surface area (Å²) in [5.41, 5.74) is 3.99. The van der Waals surface area contributed by atoms with Crippen molar-refractivity contribution in [2.75, 3.05) is 10.7 Å². The van der Waals surface area contributed by atoms with Gasteiger partial charge in [-0.3, -0.25) is 9.69 Å².